The molecule has 1 aromatic carbocycles. The first-order valence-electron chi connectivity index (χ1n) is 5.15. The lowest BCUT2D eigenvalue weighted by molar-refractivity contribution is 0.303. The van der Waals surface area contributed by atoms with Gasteiger partial charge in [0.15, 0.2) is 5.75 Å². The minimum atomic E-state index is 0.434. The molecule has 17 heavy (non-hydrogen) atoms. The zero-order valence-corrected chi connectivity index (χ0v) is 11.6. The van der Waals surface area contributed by atoms with Gasteiger partial charge >= 0.3 is 0 Å². The van der Waals surface area contributed by atoms with Crippen LogP contribution in [-0.2, 0) is 6.61 Å². The summed E-state index contributed by atoms with van der Waals surface area (Å²) in [5.74, 6) is 0.712. The van der Waals surface area contributed by atoms with Crippen LogP contribution in [-0.4, -0.2) is 4.98 Å². The van der Waals surface area contributed by atoms with Crippen molar-refractivity contribution in [3.05, 3.63) is 57.3 Å². The van der Waals surface area contributed by atoms with E-state index in [0.717, 1.165) is 16.1 Å². The normalized spacial score (nSPS) is 10.3. The number of ether oxygens (including phenoxy) is 1. The minimum Gasteiger partial charge on any atom is -0.486 e. The zero-order valence-electron chi connectivity index (χ0n) is 9.28. The van der Waals surface area contributed by atoms with Crippen LogP contribution < -0.4 is 4.74 Å². The largest absolute Gasteiger partial charge is 0.486 e. The summed E-state index contributed by atoms with van der Waals surface area (Å²) in [6, 6.07) is 9.61. The van der Waals surface area contributed by atoms with Crippen LogP contribution in [0.3, 0.4) is 0 Å². The fourth-order valence-electron chi connectivity index (χ4n) is 1.40. The molecular weight excluding hydrogens is 302 g/mol. The highest BCUT2D eigenvalue weighted by Gasteiger charge is 2.04. The highest BCUT2D eigenvalue weighted by Crippen LogP contribution is 2.24. The van der Waals surface area contributed by atoms with E-state index < -0.39 is 0 Å². The van der Waals surface area contributed by atoms with Crippen LogP contribution >= 0.6 is 27.5 Å². The van der Waals surface area contributed by atoms with Gasteiger partial charge in [-0.05, 0) is 46.6 Å². The Balaban J connectivity index is 2.10. The molecule has 2 rings (SSSR count). The Labute approximate surface area is 114 Å². The molecule has 88 valence electrons. The molecule has 4 heteroatoms. The number of hydrogen-bond donors (Lipinski definition) is 0. The van der Waals surface area contributed by atoms with Crippen LogP contribution in [0.15, 0.2) is 41.1 Å². The molecule has 1 aromatic heterocycles. The lowest BCUT2D eigenvalue weighted by atomic mass is 10.2. The molecular formula is C13H11BrClNO. The van der Waals surface area contributed by atoms with E-state index in [1.54, 1.807) is 6.20 Å². The van der Waals surface area contributed by atoms with E-state index in [2.05, 4.69) is 20.9 Å². The number of aromatic nitrogens is 1. The Bertz CT molecular complexity index is 531. The van der Waals surface area contributed by atoms with Gasteiger partial charge in [0.1, 0.15) is 11.2 Å². The summed E-state index contributed by atoms with van der Waals surface area (Å²) in [7, 11) is 0. The Morgan fingerprint density at radius 3 is 2.88 bits per heavy atom. The smallest absolute Gasteiger partial charge is 0.152 e. The SMILES string of the molecule is Cc1ccc(COc2cccnc2Br)c(Cl)c1. The molecule has 2 nitrogen and oxygen atoms in total. The van der Waals surface area contributed by atoms with E-state index in [4.69, 9.17) is 16.3 Å². The van der Waals surface area contributed by atoms with Crippen LogP contribution in [0.2, 0.25) is 5.02 Å². The van der Waals surface area contributed by atoms with Crippen molar-refractivity contribution in [2.45, 2.75) is 13.5 Å². The van der Waals surface area contributed by atoms with Gasteiger partial charge < -0.3 is 4.74 Å². The van der Waals surface area contributed by atoms with Crippen molar-refractivity contribution in [3.63, 3.8) is 0 Å². The molecule has 0 atom stereocenters. The van der Waals surface area contributed by atoms with E-state index in [1.807, 2.05) is 37.3 Å². The molecule has 0 fully saturated rings. The number of aryl methyl sites for hydroxylation is 1. The summed E-state index contributed by atoms with van der Waals surface area (Å²) < 4.78 is 6.35. The standard InChI is InChI=1S/C13H11BrClNO/c1-9-4-5-10(11(15)7-9)8-17-12-3-2-6-16-13(12)14/h2-7H,8H2,1H3. The predicted octanol–water partition coefficient (Wildman–Crippen LogP) is 4.38. The summed E-state index contributed by atoms with van der Waals surface area (Å²) in [6.45, 7) is 2.44. The first-order chi connectivity index (χ1) is 8.16. The van der Waals surface area contributed by atoms with Crippen LogP contribution in [0, 0.1) is 6.92 Å². The Morgan fingerprint density at radius 1 is 1.35 bits per heavy atom. The number of benzene rings is 1. The van der Waals surface area contributed by atoms with Crippen molar-refractivity contribution in [1.82, 2.24) is 4.98 Å². The molecule has 0 saturated carbocycles. The van der Waals surface area contributed by atoms with Gasteiger partial charge in [-0.3, -0.25) is 0 Å². The minimum absolute atomic E-state index is 0.434. The van der Waals surface area contributed by atoms with Gasteiger partial charge in [-0.2, -0.15) is 0 Å². The molecule has 0 aliphatic carbocycles. The predicted molar refractivity (Wildman–Crippen MR) is 72.5 cm³/mol. The maximum Gasteiger partial charge on any atom is 0.152 e. The Hall–Kier alpha value is -1.06. The summed E-state index contributed by atoms with van der Waals surface area (Å²) in [6.07, 6.45) is 1.70. The maximum absolute atomic E-state index is 6.13. The third-order valence-electron chi connectivity index (χ3n) is 2.32. The lowest BCUT2D eigenvalue weighted by Gasteiger charge is -2.09. The molecule has 0 unspecified atom stereocenters. The van der Waals surface area contributed by atoms with E-state index in [0.29, 0.717) is 17.0 Å². The maximum atomic E-state index is 6.13. The van der Waals surface area contributed by atoms with Crippen molar-refractivity contribution in [2.24, 2.45) is 0 Å². The van der Waals surface area contributed by atoms with Gasteiger partial charge in [-0.25, -0.2) is 4.98 Å². The van der Waals surface area contributed by atoms with Gasteiger partial charge in [0.05, 0.1) is 0 Å². The second-order valence-electron chi connectivity index (χ2n) is 3.68. The van der Waals surface area contributed by atoms with Crippen molar-refractivity contribution >= 4 is 27.5 Å². The van der Waals surface area contributed by atoms with Gasteiger partial charge in [-0.15, -0.1) is 0 Å². The quantitative estimate of drug-likeness (QED) is 0.784. The topological polar surface area (TPSA) is 22.1 Å². The summed E-state index contributed by atoms with van der Waals surface area (Å²) in [5, 5.41) is 0.727. The highest BCUT2D eigenvalue weighted by molar-refractivity contribution is 9.10. The highest BCUT2D eigenvalue weighted by atomic mass is 79.9. The van der Waals surface area contributed by atoms with E-state index >= 15 is 0 Å². The second-order valence-corrected chi connectivity index (χ2v) is 4.83. The average Bonchev–Trinajstić information content (AvgIpc) is 2.30. The molecule has 1 heterocycles. The first-order valence-corrected chi connectivity index (χ1v) is 6.32. The monoisotopic (exact) mass is 311 g/mol. The number of halogens is 2. The van der Waals surface area contributed by atoms with Crippen molar-refractivity contribution in [3.8, 4) is 5.75 Å². The molecule has 0 aliphatic rings. The van der Waals surface area contributed by atoms with E-state index in [9.17, 15) is 0 Å². The lowest BCUT2D eigenvalue weighted by Crippen LogP contribution is -1.97. The van der Waals surface area contributed by atoms with Crippen LogP contribution in [0.1, 0.15) is 11.1 Å². The molecule has 2 aromatic rings. The third-order valence-corrected chi connectivity index (χ3v) is 3.26. The fraction of sp³-hybridized carbons (Fsp3) is 0.154. The van der Waals surface area contributed by atoms with Crippen molar-refractivity contribution < 1.29 is 4.74 Å². The average molecular weight is 313 g/mol. The molecule has 0 N–H and O–H groups in total. The second kappa shape index (κ2) is 5.52. The summed E-state index contributed by atoms with van der Waals surface area (Å²) in [5.41, 5.74) is 2.11. The van der Waals surface area contributed by atoms with E-state index in [-0.39, 0.29) is 0 Å². The van der Waals surface area contributed by atoms with Crippen LogP contribution in [0.4, 0.5) is 0 Å². The molecule has 0 amide bonds. The van der Waals surface area contributed by atoms with Gasteiger partial charge in [-0.1, -0.05) is 23.7 Å². The molecule has 0 aliphatic heterocycles. The van der Waals surface area contributed by atoms with E-state index in [1.165, 1.54) is 0 Å². The number of rotatable bonds is 3. The molecule has 0 saturated heterocycles. The fourth-order valence-corrected chi connectivity index (χ4v) is 2.06. The van der Waals surface area contributed by atoms with Gasteiger partial charge in [0.2, 0.25) is 0 Å². The number of nitrogens with zero attached hydrogens (tertiary/aromatic N) is 1. The summed E-state index contributed by atoms with van der Waals surface area (Å²) in [4.78, 5) is 4.09. The molecule has 0 radical (unpaired) electrons. The van der Waals surface area contributed by atoms with Crippen LogP contribution in [0.25, 0.3) is 0 Å². The van der Waals surface area contributed by atoms with Crippen molar-refractivity contribution in [2.75, 3.05) is 0 Å². The van der Waals surface area contributed by atoms with Crippen LogP contribution in [0.5, 0.6) is 5.75 Å². The third kappa shape index (κ3) is 3.20. The summed E-state index contributed by atoms with van der Waals surface area (Å²) >= 11 is 9.46. The zero-order chi connectivity index (χ0) is 12.3. The molecule has 0 bridgehead atoms. The molecule has 0 spiro atoms. The Morgan fingerprint density at radius 2 is 2.18 bits per heavy atom. The van der Waals surface area contributed by atoms with Gasteiger partial charge in [0.25, 0.3) is 0 Å². The first kappa shape index (κ1) is 12.4. The number of pyridine rings is 1. The van der Waals surface area contributed by atoms with Crippen molar-refractivity contribution in [1.29, 1.82) is 0 Å². The number of hydrogen-bond acceptors (Lipinski definition) is 2. The van der Waals surface area contributed by atoms with Gasteiger partial charge in [0, 0.05) is 16.8 Å². The Kier molecular flexibility index (Phi) is 4.02.